The minimum Gasteiger partial charge on any atom is -0.444 e. The molecule has 0 radical (unpaired) electrons. The molecule has 0 bridgehead atoms. The van der Waals surface area contributed by atoms with E-state index in [1.165, 1.54) is 17.0 Å². The van der Waals surface area contributed by atoms with Crippen LogP contribution in [-0.2, 0) is 27.7 Å². The molecule has 3 rings (SSSR count). The maximum atomic E-state index is 12.7. The molecule has 0 aliphatic carbocycles. The van der Waals surface area contributed by atoms with Crippen molar-refractivity contribution in [2.75, 3.05) is 11.1 Å². The molecule has 0 fully saturated rings. The first-order chi connectivity index (χ1) is 16.5. The molecule has 1 aliphatic rings. The number of pyridine rings is 1. The highest BCUT2D eigenvalue weighted by Crippen LogP contribution is 2.24. The Morgan fingerprint density at radius 1 is 1.03 bits per heavy atom. The normalized spacial score (nSPS) is 13.4. The second-order valence-corrected chi connectivity index (χ2v) is 11.6. The Hall–Kier alpha value is -3.08. The molecule has 0 saturated heterocycles. The number of nitrogens with zero attached hydrogens (tertiary/aromatic N) is 4. The number of ether oxygens (including phenoxy) is 1. The van der Waals surface area contributed by atoms with Gasteiger partial charge < -0.3 is 10.1 Å². The molecule has 1 aliphatic heterocycles. The lowest BCUT2D eigenvalue weighted by Crippen LogP contribution is -2.33. The Kier molecular flexibility index (Phi) is 8.42. The summed E-state index contributed by atoms with van der Waals surface area (Å²) in [6, 6.07) is 6.08. The van der Waals surface area contributed by atoms with Crippen molar-refractivity contribution in [3.8, 4) is 0 Å². The van der Waals surface area contributed by atoms with E-state index in [1.54, 1.807) is 32.9 Å². The summed E-state index contributed by atoms with van der Waals surface area (Å²) >= 11 is 0. The summed E-state index contributed by atoms with van der Waals surface area (Å²) in [5.74, 6) is -0.366. The van der Waals surface area contributed by atoms with Crippen LogP contribution >= 0.6 is 0 Å². The van der Waals surface area contributed by atoms with Crippen molar-refractivity contribution in [1.29, 1.82) is 0 Å². The van der Waals surface area contributed by atoms with Crippen molar-refractivity contribution in [2.45, 2.75) is 83.5 Å². The molecule has 0 aromatic carbocycles. The fraction of sp³-hybridized carbons (Fsp3) is 0.542. The van der Waals surface area contributed by atoms with Gasteiger partial charge in [0.25, 0.3) is 5.91 Å². The molecular weight excluding hydrogens is 470 g/mol. The van der Waals surface area contributed by atoms with Gasteiger partial charge in [-0.25, -0.2) is 18.2 Å². The Morgan fingerprint density at radius 3 is 2.43 bits per heavy atom. The van der Waals surface area contributed by atoms with Gasteiger partial charge in [-0.2, -0.15) is 0 Å². The first-order valence-electron chi connectivity index (χ1n) is 11.8. The van der Waals surface area contributed by atoms with Crippen LogP contribution in [0.25, 0.3) is 0 Å². The number of amides is 2. The van der Waals surface area contributed by atoms with Crippen LogP contribution in [0.2, 0.25) is 0 Å². The third kappa shape index (κ3) is 7.45. The van der Waals surface area contributed by atoms with Crippen LogP contribution in [0.5, 0.6) is 0 Å². The van der Waals surface area contributed by atoms with Gasteiger partial charge in [-0.15, -0.1) is 10.2 Å². The summed E-state index contributed by atoms with van der Waals surface area (Å²) in [5, 5.41) is 10.1. The van der Waals surface area contributed by atoms with Crippen LogP contribution in [0.3, 0.4) is 0 Å². The Morgan fingerprint density at radius 2 is 1.77 bits per heavy atom. The van der Waals surface area contributed by atoms with Gasteiger partial charge in [-0.05, 0) is 51.0 Å². The predicted molar refractivity (Wildman–Crippen MR) is 131 cm³/mol. The van der Waals surface area contributed by atoms with Crippen LogP contribution in [0.15, 0.2) is 29.3 Å². The van der Waals surface area contributed by atoms with E-state index in [0.717, 1.165) is 31.2 Å². The number of unbranched alkanes of at least 4 members (excludes halogenated alkanes) is 4. The number of carbonyl (C=O) groups excluding carboxylic acids is 2. The molecule has 35 heavy (non-hydrogen) atoms. The van der Waals surface area contributed by atoms with Crippen LogP contribution in [-0.4, -0.2) is 51.9 Å². The van der Waals surface area contributed by atoms with E-state index in [9.17, 15) is 18.0 Å². The molecule has 0 atom stereocenters. The maximum absolute atomic E-state index is 12.7. The van der Waals surface area contributed by atoms with Gasteiger partial charge in [0.15, 0.2) is 20.7 Å². The third-order valence-electron chi connectivity index (χ3n) is 5.37. The van der Waals surface area contributed by atoms with E-state index in [4.69, 9.17) is 4.74 Å². The SMILES string of the molecule is CCCCCCCS(=O)(=O)c1ccc(NC(=O)c2ccc3c(n2)CN(C(=O)OC(C)(C)C)C3)nn1. The molecule has 1 N–H and O–H groups in total. The molecule has 0 spiro atoms. The summed E-state index contributed by atoms with van der Waals surface area (Å²) < 4.78 is 30.3. The molecule has 3 heterocycles. The highest BCUT2D eigenvalue weighted by atomic mass is 32.2. The van der Waals surface area contributed by atoms with Gasteiger partial charge in [0.2, 0.25) is 0 Å². The van der Waals surface area contributed by atoms with E-state index >= 15 is 0 Å². The number of sulfone groups is 1. The van der Waals surface area contributed by atoms with Crippen LogP contribution in [0, 0.1) is 0 Å². The van der Waals surface area contributed by atoms with E-state index in [2.05, 4.69) is 27.4 Å². The minimum atomic E-state index is -3.52. The monoisotopic (exact) mass is 503 g/mol. The summed E-state index contributed by atoms with van der Waals surface area (Å²) in [5.41, 5.74) is 1.02. The number of anilines is 1. The summed E-state index contributed by atoms with van der Waals surface area (Å²) in [6.07, 6.45) is 4.20. The van der Waals surface area contributed by atoms with Gasteiger partial charge in [-0.1, -0.05) is 38.7 Å². The standard InChI is InChI=1S/C24H33N5O5S/c1-5-6-7-8-9-14-35(32,33)21-13-12-20(27-28-21)26-22(30)18-11-10-17-15-29(16-19(17)25-18)23(31)34-24(2,3)4/h10-13H,5-9,14-16H2,1-4H3,(H,26,27,30). The first kappa shape index (κ1) is 26.5. The van der Waals surface area contributed by atoms with Crippen molar-refractivity contribution in [1.82, 2.24) is 20.1 Å². The summed E-state index contributed by atoms with van der Waals surface area (Å²) in [6.45, 7) is 8.11. The van der Waals surface area contributed by atoms with E-state index in [0.29, 0.717) is 18.7 Å². The highest BCUT2D eigenvalue weighted by molar-refractivity contribution is 7.91. The Balaban J connectivity index is 1.58. The summed E-state index contributed by atoms with van der Waals surface area (Å²) in [7, 11) is -3.52. The largest absolute Gasteiger partial charge is 0.444 e. The lowest BCUT2D eigenvalue weighted by atomic mass is 10.2. The van der Waals surface area contributed by atoms with Crippen molar-refractivity contribution in [2.24, 2.45) is 0 Å². The fourth-order valence-corrected chi connectivity index (χ4v) is 4.80. The lowest BCUT2D eigenvalue weighted by molar-refractivity contribution is 0.0240. The zero-order valence-electron chi connectivity index (χ0n) is 20.7. The van der Waals surface area contributed by atoms with Crippen LogP contribution in [0.4, 0.5) is 10.6 Å². The number of carbonyl (C=O) groups is 2. The molecule has 2 amide bonds. The number of hydrogen-bond donors (Lipinski definition) is 1. The number of rotatable bonds is 9. The van der Waals surface area contributed by atoms with Gasteiger partial charge in [0.05, 0.1) is 24.5 Å². The quantitative estimate of drug-likeness (QED) is 0.506. The molecule has 11 heteroatoms. The number of fused-ring (bicyclic) bond motifs is 1. The number of aromatic nitrogens is 3. The lowest BCUT2D eigenvalue weighted by Gasteiger charge is -2.23. The third-order valence-corrected chi connectivity index (χ3v) is 7.05. The van der Waals surface area contributed by atoms with Crippen LogP contribution in [0.1, 0.15) is 81.5 Å². The zero-order chi connectivity index (χ0) is 25.6. The highest BCUT2D eigenvalue weighted by Gasteiger charge is 2.29. The summed E-state index contributed by atoms with van der Waals surface area (Å²) in [4.78, 5) is 30.9. The molecule has 0 unspecified atom stereocenters. The fourth-order valence-electron chi connectivity index (χ4n) is 3.57. The minimum absolute atomic E-state index is 0.0243. The first-order valence-corrected chi connectivity index (χ1v) is 13.5. The average Bonchev–Trinajstić information content (AvgIpc) is 3.22. The van der Waals surface area contributed by atoms with Crippen molar-refractivity contribution in [3.63, 3.8) is 0 Å². The molecule has 190 valence electrons. The predicted octanol–water partition coefficient (Wildman–Crippen LogP) is 4.12. The smallest absolute Gasteiger partial charge is 0.410 e. The van der Waals surface area contributed by atoms with E-state index in [-0.39, 0.29) is 28.8 Å². The topological polar surface area (TPSA) is 131 Å². The Bertz CT molecular complexity index is 1160. The molecule has 0 saturated carbocycles. The van der Waals surface area contributed by atoms with Gasteiger partial charge >= 0.3 is 6.09 Å². The molecular formula is C24H33N5O5S. The maximum Gasteiger partial charge on any atom is 0.410 e. The van der Waals surface area contributed by atoms with E-state index in [1.807, 2.05) is 0 Å². The molecule has 10 nitrogen and oxygen atoms in total. The number of nitrogens with one attached hydrogen (secondary N) is 1. The van der Waals surface area contributed by atoms with Crippen LogP contribution < -0.4 is 5.32 Å². The van der Waals surface area contributed by atoms with Gasteiger partial charge in [0.1, 0.15) is 11.3 Å². The number of hydrogen-bond acceptors (Lipinski definition) is 8. The van der Waals surface area contributed by atoms with Gasteiger partial charge in [0, 0.05) is 0 Å². The average molecular weight is 504 g/mol. The molecule has 2 aromatic heterocycles. The Labute approximate surface area is 206 Å². The van der Waals surface area contributed by atoms with Gasteiger partial charge in [-0.3, -0.25) is 9.69 Å². The molecule has 2 aromatic rings. The second-order valence-electron chi connectivity index (χ2n) is 9.58. The zero-order valence-corrected chi connectivity index (χ0v) is 21.5. The second kappa shape index (κ2) is 11.1. The van der Waals surface area contributed by atoms with Crippen molar-refractivity contribution in [3.05, 3.63) is 41.2 Å². The van der Waals surface area contributed by atoms with E-state index < -0.39 is 27.4 Å². The van der Waals surface area contributed by atoms with Crippen molar-refractivity contribution < 1.29 is 22.7 Å². The van der Waals surface area contributed by atoms with Crippen molar-refractivity contribution >= 4 is 27.7 Å².